The molecule has 1 aliphatic heterocycles. The zero-order valence-electron chi connectivity index (χ0n) is 18.2. The summed E-state index contributed by atoms with van der Waals surface area (Å²) in [6.45, 7) is 7.59. The molecule has 3 rings (SSSR count). The fraction of sp³-hybridized carbons (Fsp3) is 0.364. The molecule has 8 nitrogen and oxygen atoms in total. The molecule has 2 aromatic carbocycles. The van der Waals surface area contributed by atoms with Crippen LogP contribution < -0.4 is 20.3 Å². The molecule has 0 fully saturated rings. The van der Waals surface area contributed by atoms with Crippen molar-refractivity contribution in [3.05, 3.63) is 40.9 Å². The largest absolute Gasteiger partial charge is 0.482 e. The van der Waals surface area contributed by atoms with Crippen molar-refractivity contribution in [3.63, 3.8) is 0 Å². The number of aryl methyl sites for hydroxylation is 1. The van der Waals surface area contributed by atoms with Crippen molar-refractivity contribution in [3.8, 4) is 5.75 Å². The van der Waals surface area contributed by atoms with Crippen LogP contribution in [0.5, 0.6) is 5.75 Å². The molecule has 2 aromatic rings. The highest BCUT2D eigenvalue weighted by atomic mass is 35.5. The average Bonchev–Trinajstić information content (AvgIpc) is 2.74. The van der Waals surface area contributed by atoms with Gasteiger partial charge >= 0.3 is 0 Å². The molecule has 2 N–H and O–H groups in total. The second-order valence-electron chi connectivity index (χ2n) is 7.40. The first-order chi connectivity index (χ1) is 15.1. The highest BCUT2D eigenvalue weighted by molar-refractivity contribution is 7.91. The van der Waals surface area contributed by atoms with E-state index in [-0.39, 0.29) is 34.6 Å². The summed E-state index contributed by atoms with van der Waals surface area (Å²) in [7, 11) is -3.85. The van der Waals surface area contributed by atoms with E-state index in [1.807, 2.05) is 25.1 Å². The van der Waals surface area contributed by atoms with Crippen LogP contribution in [-0.4, -0.2) is 45.7 Å². The molecule has 0 spiro atoms. The number of nitrogens with zero attached hydrogens (tertiary/aromatic N) is 1. The Morgan fingerprint density at radius 2 is 1.94 bits per heavy atom. The first-order valence-electron chi connectivity index (χ1n) is 10.3. The van der Waals surface area contributed by atoms with Gasteiger partial charge < -0.3 is 20.3 Å². The standard InChI is InChI=1S/C22H26ClN3O5S/c1-4-26(5-2)15-6-7-17(14(3)10-15)24-21(27)8-9-32(29,30)20-12-19-18(11-16(20)23)25-22(28)13-31-19/h6-7,10-12H,4-5,8-9,13H2,1-3H3,(H,24,27)(H,25,28). The third kappa shape index (κ3) is 5.34. The number of hydrogen-bond acceptors (Lipinski definition) is 6. The zero-order chi connectivity index (χ0) is 23.5. The summed E-state index contributed by atoms with van der Waals surface area (Å²) >= 11 is 6.13. The normalized spacial score (nSPS) is 13.1. The SMILES string of the molecule is CCN(CC)c1ccc(NC(=O)CCS(=O)(=O)c2cc3c(cc2Cl)NC(=O)CO3)c(C)c1. The lowest BCUT2D eigenvalue weighted by atomic mass is 10.1. The van der Waals surface area contributed by atoms with E-state index >= 15 is 0 Å². The van der Waals surface area contributed by atoms with Gasteiger partial charge in [0.25, 0.3) is 5.91 Å². The number of anilines is 3. The van der Waals surface area contributed by atoms with Crippen molar-refractivity contribution < 1.29 is 22.7 Å². The van der Waals surface area contributed by atoms with Gasteiger partial charge in [0, 0.05) is 37.0 Å². The molecule has 2 amide bonds. The molecular weight excluding hydrogens is 454 g/mol. The minimum Gasteiger partial charge on any atom is -0.482 e. The molecule has 1 heterocycles. The lowest BCUT2D eigenvalue weighted by molar-refractivity contribution is -0.118. The van der Waals surface area contributed by atoms with Gasteiger partial charge in [-0.3, -0.25) is 9.59 Å². The number of carbonyl (C=O) groups excluding carboxylic acids is 2. The van der Waals surface area contributed by atoms with E-state index < -0.39 is 21.5 Å². The monoisotopic (exact) mass is 479 g/mol. The molecule has 0 aliphatic carbocycles. The summed E-state index contributed by atoms with van der Waals surface area (Å²) in [5, 5.41) is 5.31. The van der Waals surface area contributed by atoms with Gasteiger partial charge in [-0.2, -0.15) is 0 Å². The summed E-state index contributed by atoms with van der Waals surface area (Å²) in [4.78, 5) is 25.9. The van der Waals surface area contributed by atoms with Gasteiger partial charge in [0.05, 0.1) is 21.4 Å². The van der Waals surface area contributed by atoms with Gasteiger partial charge in [-0.15, -0.1) is 0 Å². The van der Waals surface area contributed by atoms with Crippen LogP contribution in [0.2, 0.25) is 5.02 Å². The minimum atomic E-state index is -3.85. The van der Waals surface area contributed by atoms with Crippen LogP contribution in [0.25, 0.3) is 0 Å². The minimum absolute atomic E-state index is 0.0437. The van der Waals surface area contributed by atoms with Gasteiger partial charge in [-0.1, -0.05) is 11.6 Å². The maximum atomic E-state index is 12.8. The van der Waals surface area contributed by atoms with E-state index in [1.54, 1.807) is 0 Å². The number of amides is 2. The van der Waals surface area contributed by atoms with E-state index in [0.717, 1.165) is 24.3 Å². The maximum Gasteiger partial charge on any atom is 0.262 e. The Morgan fingerprint density at radius 1 is 1.22 bits per heavy atom. The molecule has 0 saturated carbocycles. The number of halogens is 1. The Balaban J connectivity index is 1.68. The molecule has 0 saturated heterocycles. The van der Waals surface area contributed by atoms with Crippen LogP contribution in [-0.2, 0) is 19.4 Å². The quantitative estimate of drug-likeness (QED) is 0.599. The predicted molar refractivity (Wildman–Crippen MR) is 126 cm³/mol. The molecule has 0 atom stereocenters. The summed E-state index contributed by atoms with van der Waals surface area (Å²) < 4.78 is 30.9. The Kier molecular flexibility index (Phi) is 7.30. The Hall–Kier alpha value is -2.78. The van der Waals surface area contributed by atoms with E-state index in [2.05, 4.69) is 29.4 Å². The number of nitrogens with one attached hydrogen (secondary N) is 2. The molecule has 10 heteroatoms. The number of fused-ring (bicyclic) bond motifs is 1. The van der Waals surface area contributed by atoms with Gasteiger partial charge in [-0.05, 0) is 50.6 Å². The first kappa shape index (κ1) is 23.9. The third-order valence-electron chi connectivity index (χ3n) is 5.21. The molecule has 0 unspecified atom stereocenters. The number of ether oxygens (including phenoxy) is 1. The Morgan fingerprint density at radius 3 is 2.59 bits per heavy atom. The van der Waals surface area contributed by atoms with Crippen molar-refractivity contribution in [2.45, 2.75) is 32.1 Å². The predicted octanol–water partition coefficient (Wildman–Crippen LogP) is 3.63. The zero-order valence-corrected chi connectivity index (χ0v) is 19.8. The highest BCUT2D eigenvalue weighted by Gasteiger charge is 2.25. The smallest absolute Gasteiger partial charge is 0.262 e. The summed E-state index contributed by atoms with van der Waals surface area (Å²) in [6.07, 6.45) is -0.232. The number of sulfone groups is 1. The number of benzene rings is 2. The molecular formula is C22H26ClN3O5S. The van der Waals surface area contributed by atoms with Crippen LogP contribution in [0.1, 0.15) is 25.8 Å². The molecule has 1 aliphatic rings. The third-order valence-corrected chi connectivity index (χ3v) is 7.39. The first-order valence-corrected chi connectivity index (χ1v) is 12.3. The lowest BCUT2D eigenvalue weighted by Crippen LogP contribution is -2.25. The van der Waals surface area contributed by atoms with E-state index in [9.17, 15) is 18.0 Å². The van der Waals surface area contributed by atoms with Crippen molar-refractivity contribution in [2.24, 2.45) is 0 Å². The molecule has 0 radical (unpaired) electrons. The maximum absolute atomic E-state index is 12.8. The summed E-state index contributed by atoms with van der Waals surface area (Å²) in [6, 6.07) is 8.35. The Bertz CT molecular complexity index is 1150. The van der Waals surface area contributed by atoms with Crippen molar-refractivity contribution in [1.82, 2.24) is 0 Å². The van der Waals surface area contributed by atoms with Gasteiger partial charge in [0.15, 0.2) is 16.4 Å². The van der Waals surface area contributed by atoms with Crippen LogP contribution in [0.4, 0.5) is 17.1 Å². The second-order valence-corrected chi connectivity index (χ2v) is 9.89. The van der Waals surface area contributed by atoms with Crippen molar-refractivity contribution >= 4 is 50.3 Å². The topological polar surface area (TPSA) is 105 Å². The summed E-state index contributed by atoms with van der Waals surface area (Å²) in [5.74, 6) is -0.952. The fourth-order valence-electron chi connectivity index (χ4n) is 3.44. The number of rotatable bonds is 8. The van der Waals surface area contributed by atoms with E-state index in [0.29, 0.717) is 11.4 Å². The van der Waals surface area contributed by atoms with Crippen LogP contribution >= 0.6 is 11.6 Å². The molecule has 32 heavy (non-hydrogen) atoms. The van der Waals surface area contributed by atoms with E-state index in [4.69, 9.17) is 16.3 Å². The van der Waals surface area contributed by atoms with E-state index in [1.165, 1.54) is 12.1 Å². The average molecular weight is 480 g/mol. The fourth-order valence-corrected chi connectivity index (χ4v) is 5.28. The second kappa shape index (κ2) is 9.79. The molecule has 0 bridgehead atoms. The van der Waals surface area contributed by atoms with Crippen molar-refractivity contribution in [1.29, 1.82) is 0 Å². The molecule has 0 aromatic heterocycles. The lowest BCUT2D eigenvalue weighted by Gasteiger charge is -2.22. The molecule has 172 valence electrons. The van der Waals surface area contributed by atoms with Crippen LogP contribution in [0.15, 0.2) is 35.2 Å². The van der Waals surface area contributed by atoms with Gasteiger partial charge in [-0.25, -0.2) is 8.42 Å². The highest BCUT2D eigenvalue weighted by Crippen LogP contribution is 2.36. The number of hydrogen-bond donors (Lipinski definition) is 2. The van der Waals surface area contributed by atoms with Crippen molar-refractivity contribution in [2.75, 3.05) is 41.0 Å². The van der Waals surface area contributed by atoms with Gasteiger partial charge in [0.2, 0.25) is 5.91 Å². The van der Waals surface area contributed by atoms with Crippen LogP contribution in [0.3, 0.4) is 0 Å². The van der Waals surface area contributed by atoms with Gasteiger partial charge in [0.1, 0.15) is 5.75 Å². The number of carbonyl (C=O) groups is 2. The Labute approximate surface area is 192 Å². The summed E-state index contributed by atoms with van der Waals surface area (Å²) in [5.41, 5.74) is 2.90. The van der Waals surface area contributed by atoms with Crippen LogP contribution in [0, 0.1) is 6.92 Å².